The monoisotopic (exact) mass is 404 g/mol. The second-order valence-electron chi connectivity index (χ2n) is 5.89. The van der Waals surface area contributed by atoms with Crippen molar-refractivity contribution in [2.75, 3.05) is 21.3 Å². The van der Waals surface area contributed by atoms with Crippen molar-refractivity contribution in [2.24, 2.45) is 11.8 Å². The topological polar surface area (TPSA) is 97.4 Å². The smallest absolute Gasteiger partial charge is 0.353 e. The fourth-order valence-corrected chi connectivity index (χ4v) is 2.26. The molecule has 0 aliphatic carbocycles. The first-order chi connectivity index (χ1) is 12.8. The maximum absolute atomic E-state index is 13.0. The Morgan fingerprint density at radius 1 is 1.00 bits per heavy atom. The van der Waals surface area contributed by atoms with Crippen molar-refractivity contribution < 1.29 is 38.1 Å². The molecule has 0 fully saturated rings. The Morgan fingerprint density at radius 3 is 1.93 bits per heavy atom. The summed E-state index contributed by atoms with van der Waals surface area (Å²) in [6.07, 6.45) is -0.441. The van der Waals surface area contributed by atoms with Gasteiger partial charge in [0.1, 0.15) is 23.0 Å². The molecule has 0 N–H and O–H groups in total. The Labute approximate surface area is 161 Å². The molecule has 27 heavy (non-hydrogen) atoms. The van der Waals surface area contributed by atoms with Gasteiger partial charge in [0.05, 0.1) is 23.3 Å². The zero-order valence-electron chi connectivity index (χ0n) is 16.6. The molecule has 3 unspecified atom stereocenters. The average molecular weight is 404 g/mol. The van der Waals surface area contributed by atoms with Crippen LogP contribution in [0.15, 0.2) is 18.2 Å². The molecule has 0 amide bonds. The normalized spacial score (nSPS) is 12.6. The number of methoxy groups -OCH3 is 3. The van der Waals surface area contributed by atoms with E-state index in [0.29, 0.717) is 27.0 Å². The highest BCUT2D eigenvalue weighted by Gasteiger charge is 2.34. The van der Waals surface area contributed by atoms with Crippen LogP contribution in [0.2, 0.25) is 0 Å². The van der Waals surface area contributed by atoms with Crippen LogP contribution in [-0.4, -0.2) is 39.4 Å². The van der Waals surface area contributed by atoms with Gasteiger partial charge in [0.15, 0.2) is 12.1 Å². The van der Waals surface area contributed by atoms with E-state index < -0.39 is 24.0 Å². The molecule has 8 nitrogen and oxygen atoms in total. The molecule has 0 heterocycles. The second-order valence-corrected chi connectivity index (χ2v) is 5.89. The third-order valence-corrected chi connectivity index (χ3v) is 3.58. The van der Waals surface area contributed by atoms with Gasteiger partial charge in [-0.2, -0.15) is 4.89 Å². The third-order valence-electron chi connectivity index (χ3n) is 3.58. The van der Waals surface area contributed by atoms with Crippen molar-refractivity contribution in [3.8, 4) is 11.5 Å². The number of rotatable bonds is 10. The van der Waals surface area contributed by atoms with Gasteiger partial charge in [-0.3, -0.25) is 9.68 Å². The lowest BCUT2D eigenvalue weighted by Gasteiger charge is -2.19. The van der Waals surface area contributed by atoms with Gasteiger partial charge in [-0.15, -0.1) is 0 Å². The van der Waals surface area contributed by atoms with Gasteiger partial charge in [0.2, 0.25) is 0 Å². The number of ketones is 1. The number of carbonyl (C=O) groups excluding carboxylic acids is 2. The summed E-state index contributed by atoms with van der Waals surface area (Å²) >= 11 is 0. The van der Waals surface area contributed by atoms with Gasteiger partial charge < -0.3 is 18.8 Å². The summed E-state index contributed by atoms with van der Waals surface area (Å²) in [7, 11) is 4.92. The molecular formula is C18H29O8P. The maximum Gasteiger partial charge on any atom is 0.353 e. The van der Waals surface area contributed by atoms with Crippen LogP contribution in [0.1, 0.15) is 37.6 Å². The fraction of sp³-hybridized carbons (Fsp3) is 0.556. The molecule has 0 aliphatic rings. The third kappa shape index (κ3) is 7.71. The Kier molecular flexibility index (Phi) is 12.4. The summed E-state index contributed by atoms with van der Waals surface area (Å²) in [5, 5.41) is 0. The molecule has 0 saturated carbocycles. The molecule has 3 atom stereocenters. The van der Waals surface area contributed by atoms with Crippen LogP contribution in [0.5, 0.6) is 11.5 Å². The van der Waals surface area contributed by atoms with E-state index >= 15 is 0 Å². The predicted molar refractivity (Wildman–Crippen MR) is 102 cm³/mol. The van der Waals surface area contributed by atoms with Crippen molar-refractivity contribution in [1.29, 1.82) is 0 Å². The van der Waals surface area contributed by atoms with Gasteiger partial charge >= 0.3 is 5.97 Å². The molecule has 0 bridgehead atoms. The first-order valence-electron chi connectivity index (χ1n) is 8.29. The zero-order chi connectivity index (χ0) is 21.0. The Bertz CT molecular complexity index is 583. The number of hydrogen-bond donors (Lipinski definition) is 0. The maximum atomic E-state index is 13.0. The number of hydrogen-bond acceptors (Lipinski definition) is 8. The molecular weight excluding hydrogens is 375 g/mol. The van der Waals surface area contributed by atoms with Crippen LogP contribution in [0, 0.1) is 11.8 Å². The highest BCUT2D eigenvalue weighted by atomic mass is 31.0. The van der Waals surface area contributed by atoms with E-state index in [0.717, 1.165) is 0 Å². The largest absolute Gasteiger partial charge is 0.496 e. The van der Waals surface area contributed by atoms with E-state index in [-0.39, 0.29) is 11.5 Å². The van der Waals surface area contributed by atoms with E-state index in [2.05, 4.69) is 0 Å². The van der Waals surface area contributed by atoms with Crippen LogP contribution in [0.3, 0.4) is 0 Å². The number of benzene rings is 1. The van der Waals surface area contributed by atoms with Crippen molar-refractivity contribution in [1.82, 2.24) is 0 Å². The number of carbonyl (C=O) groups is 2. The summed E-state index contributed by atoms with van der Waals surface area (Å²) in [5.41, 5.74) is 0.204. The molecule has 0 aromatic heterocycles. The van der Waals surface area contributed by atoms with Crippen molar-refractivity contribution >= 4 is 20.9 Å². The Hall–Kier alpha value is -1.89. The Balaban J connectivity index is 0.00000326. The van der Waals surface area contributed by atoms with Crippen LogP contribution in [-0.2, 0) is 23.9 Å². The minimum Gasteiger partial charge on any atom is -0.496 e. The summed E-state index contributed by atoms with van der Waals surface area (Å²) in [5.74, 6) is -1.53. The van der Waals surface area contributed by atoms with E-state index in [4.69, 9.17) is 28.6 Å². The predicted octanol–water partition coefficient (Wildman–Crippen LogP) is 2.96. The van der Waals surface area contributed by atoms with E-state index in [1.165, 1.54) is 21.3 Å². The van der Waals surface area contributed by atoms with Crippen molar-refractivity contribution in [3.05, 3.63) is 23.8 Å². The fourth-order valence-electron chi connectivity index (χ4n) is 2.26. The molecule has 9 heteroatoms. The first kappa shape index (κ1) is 25.1. The number of Topliss-reactive ketones (excluding diaryl/α,β-unsaturated/α-hetero) is 1. The van der Waals surface area contributed by atoms with Crippen LogP contribution < -0.4 is 9.47 Å². The minimum absolute atomic E-state index is 0.0852. The standard InChI is InChI=1S/C18H26O7.H3OP/c1-11(2)10-13(18(20)25-24-12(3)21-4)17(19)16-14(22-5)8-7-9-15(16)23-6;1-2/h7-9,11-13H,10H2,1-6H3;2H3. The summed E-state index contributed by atoms with van der Waals surface area (Å²) < 4.78 is 23.6. The lowest BCUT2D eigenvalue weighted by atomic mass is 9.89. The summed E-state index contributed by atoms with van der Waals surface area (Å²) in [6.45, 7) is 5.38. The zero-order valence-corrected chi connectivity index (χ0v) is 18.1. The van der Waals surface area contributed by atoms with Crippen LogP contribution in [0.25, 0.3) is 0 Å². The average Bonchev–Trinajstić information content (AvgIpc) is 2.69. The molecule has 0 radical (unpaired) electrons. The van der Waals surface area contributed by atoms with Gasteiger partial charge in [-0.05, 0) is 31.4 Å². The molecule has 0 saturated heterocycles. The van der Waals surface area contributed by atoms with Crippen molar-refractivity contribution in [2.45, 2.75) is 33.5 Å². The Morgan fingerprint density at radius 2 is 1.52 bits per heavy atom. The van der Waals surface area contributed by atoms with E-state index in [1.807, 2.05) is 13.8 Å². The van der Waals surface area contributed by atoms with Gasteiger partial charge in [-0.1, -0.05) is 19.9 Å². The summed E-state index contributed by atoms with van der Waals surface area (Å²) in [4.78, 5) is 35.1. The lowest BCUT2D eigenvalue weighted by Crippen LogP contribution is -2.29. The summed E-state index contributed by atoms with van der Waals surface area (Å²) in [6, 6.07) is 4.97. The molecule has 1 aromatic carbocycles. The highest BCUT2D eigenvalue weighted by molar-refractivity contribution is 7.00. The molecule has 0 spiro atoms. The lowest BCUT2D eigenvalue weighted by molar-refractivity contribution is -0.343. The van der Waals surface area contributed by atoms with E-state index in [1.54, 1.807) is 25.1 Å². The minimum atomic E-state index is -1.05. The second kappa shape index (κ2) is 13.3. The van der Waals surface area contributed by atoms with E-state index in [9.17, 15) is 9.59 Å². The van der Waals surface area contributed by atoms with Crippen LogP contribution >= 0.6 is 9.12 Å². The van der Waals surface area contributed by atoms with Gasteiger partial charge in [-0.25, -0.2) is 4.79 Å². The van der Waals surface area contributed by atoms with Crippen molar-refractivity contribution in [3.63, 3.8) is 0 Å². The van der Waals surface area contributed by atoms with Gasteiger partial charge in [0.25, 0.3) is 0 Å². The SMILES string of the molecule is COc1cccc(OC)c1C(=O)C(CC(C)C)C(=O)OOC(C)OC.O=[PH3]. The quantitative estimate of drug-likeness (QED) is 0.147. The molecule has 154 valence electrons. The van der Waals surface area contributed by atoms with Gasteiger partial charge in [0, 0.05) is 7.11 Å². The van der Waals surface area contributed by atoms with Crippen LogP contribution in [0.4, 0.5) is 0 Å². The molecule has 1 rings (SSSR count). The molecule has 1 aromatic rings. The molecule has 0 aliphatic heterocycles. The first-order valence-corrected chi connectivity index (χ1v) is 8.87. The number of ether oxygens (including phenoxy) is 3. The highest BCUT2D eigenvalue weighted by Crippen LogP contribution is 2.32.